The van der Waals surface area contributed by atoms with E-state index in [1.807, 2.05) is 0 Å². The summed E-state index contributed by atoms with van der Waals surface area (Å²) in [5, 5.41) is -3.26. The van der Waals surface area contributed by atoms with Crippen LogP contribution in [0.4, 0.5) is 0 Å². The van der Waals surface area contributed by atoms with Gasteiger partial charge in [-0.2, -0.15) is 0 Å². The van der Waals surface area contributed by atoms with Crippen molar-refractivity contribution in [2.24, 2.45) is 0 Å². The quantitative estimate of drug-likeness (QED) is 0.0250. The molecule has 3 aromatic carbocycles. The number of carbonyl (C=O) groups excluding carboxylic acids is 4. The predicted molar refractivity (Wildman–Crippen MR) is 249 cm³/mol. The van der Waals surface area contributed by atoms with Crippen molar-refractivity contribution in [2.45, 2.75) is 179 Å². The Balaban J connectivity index is 1.49. The van der Waals surface area contributed by atoms with Crippen molar-refractivity contribution in [1.29, 1.82) is 0 Å². The second-order valence-electron chi connectivity index (χ2n) is 16.2. The Morgan fingerprint density at radius 3 is 0.900 bits per heavy atom. The average molecular weight is 864 g/mol. The highest BCUT2D eigenvalue weighted by molar-refractivity contribution is 6.49. The standard InChI is InChI=1S/C52H72Cl2O6/c1-3-5-7-9-11-13-15-17-19-21-23-31-39-59-45-37-29-27-35-43(45)51(57)47(53)49(55)41-33-25-26-34-42(41)50(56)48(54)52(58)44-36-28-30-38-46(44)60-40-32-24-22-20-18-16-14-12-10-8-6-4-2/h25-30,33-38,47-48H,3-24,31-32,39-40H2,1-2H3. The van der Waals surface area contributed by atoms with Gasteiger partial charge in [-0.25, -0.2) is 0 Å². The van der Waals surface area contributed by atoms with E-state index in [4.69, 9.17) is 32.7 Å². The summed E-state index contributed by atoms with van der Waals surface area (Å²) in [6, 6.07) is 19.5. The van der Waals surface area contributed by atoms with Crippen LogP contribution >= 0.6 is 23.2 Å². The van der Waals surface area contributed by atoms with Gasteiger partial charge in [-0.1, -0.05) is 204 Å². The Morgan fingerprint density at radius 1 is 0.367 bits per heavy atom. The second kappa shape index (κ2) is 31.4. The molecule has 0 aliphatic heterocycles. The zero-order chi connectivity index (χ0) is 43.2. The number of halogens is 2. The summed E-state index contributed by atoms with van der Waals surface area (Å²) < 4.78 is 12.0. The number of ether oxygens (including phenoxy) is 2. The lowest BCUT2D eigenvalue weighted by Gasteiger charge is -2.16. The first-order valence-electron chi connectivity index (χ1n) is 23.3. The molecule has 0 fully saturated rings. The van der Waals surface area contributed by atoms with Gasteiger partial charge in [0.05, 0.1) is 24.3 Å². The van der Waals surface area contributed by atoms with Gasteiger partial charge in [0.2, 0.25) is 0 Å². The fraction of sp³-hybridized carbons (Fsp3) is 0.577. The molecule has 60 heavy (non-hydrogen) atoms. The predicted octanol–water partition coefficient (Wildman–Crippen LogP) is 15.2. The van der Waals surface area contributed by atoms with E-state index in [9.17, 15) is 19.2 Å². The number of para-hydroxylation sites is 2. The van der Waals surface area contributed by atoms with Gasteiger partial charge in [0.25, 0.3) is 0 Å². The van der Waals surface area contributed by atoms with Gasteiger partial charge in [-0.15, -0.1) is 23.2 Å². The van der Waals surface area contributed by atoms with Crippen molar-refractivity contribution in [3.63, 3.8) is 0 Å². The monoisotopic (exact) mass is 862 g/mol. The zero-order valence-electron chi connectivity index (χ0n) is 36.7. The van der Waals surface area contributed by atoms with Crippen LogP contribution in [0.2, 0.25) is 0 Å². The fourth-order valence-corrected chi connectivity index (χ4v) is 8.01. The first kappa shape index (κ1) is 50.9. The van der Waals surface area contributed by atoms with Crippen LogP contribution in [-0.4, -0.2) is 47.1 Å². The second-order valence-corrected chi connectivity index (χ2v) is 17.1. The third-order valence-corrected chi connectivity index (χ3v) is 12.0. The molecular weight excluding hydrogens is 791 g/mol. The SMILES string of the molecule is CCCCCCCCCCCCCCOc1ccccc1C(=O)C(Cl)C(=O)c1ccccc1C(=O)C(Cl)C(=O)c1ccccc1OCCCCCCCCCCCCCC. The molecule has 0 aromatic heterocycles. The zero-order valence-corrected chi connectivity index (χ0v) is 38.2. The van der Waals surface area contributed by atoms with Crippen LogP contribution in [0, 0.1) is 0 Å². The Labute approximate surface area is 371 Å². The van der Waals surface area contributed by atoms with Crippen molar-refractivity contribution in [1.82, 2.24) is 0 Å². The van der Waals surface area contributed by atoms with Gasteiger partial charge in [0, 0.05) is 11.1 Å². The molecular formula is C52H72Cl2O6. The minimum Gasteiger partial charge on any atom is -0.493 e. The van der Waals surface area contributed by atoms with Crippen LogP contribution < -0.4 is 9.47 Å². The number of carbonyl (C=O) groups is 4. The minimum absolute atomic E-state index is 0.0827. The van der Waals surface area contributed by atoms with Crippen molar-refractivity contribution in [2.75, 3.05) is 13.2 Å². The molecule has 0 heterocycles. The maximum absolute atomic E-state index is 13.8. The molecule has 0 amide bonds. The molecule has 0 N–H and O–H groups in total. The number of benzene rings is 3. The molecule has 0 aliphatic rings. The first-order valence-corrected chi connectivity index (χ1v) is 24.2. The largest absolute Gasteiger partial charge is 0.493 e. The number of unbranched alkanes of at least 4 members (excludes halogenated alkanes) is 22. The van der Waals surface area contributed by atoms with Crippen LogP contribution in [0.5, 0.6) is 11.5 Å². The molecule has 330 valence electrons. The third-order valence-electron chi connectivity index (χ3n) is 11.2. The summed E-state index contributed by atoms with van der Waals surface area (Å²) in [6.45, 7) is 5.38. The first-order chi connectivity index (χ1) is 29.3. The summed E-state index contributed by atoms with van der Waals surface area (Å²) in [7, 11) is 0. The fourth-order valence-electron chi connectivity index (χ4n) is 7.54. The van der Waals surface area contributed by atoms with E-state index in [0.29, 0.717) is 24.7 Å². The third kappa shape index (κ3) is 18.6. The molecule has 8 heteroatoms. The summed E-state index contributed by atoms with van der Waals surface area (Å²) in [5.41, 5.74) is 0.222. The lowest BCUT2D eigenvalue weighted by atomic mass is 9.92. The highest BCUT2D eigenvalue weighted by Crippen LogP contribution is 2.28. The summed E-state index contributed by atoms with van der Waals surface area (Å²) in [4.78, 5) is 55.0. The molecule has 0 bridgehead atoms. The van der Waals surface area contributed by atoms with Crippen molar-refractivity contribution in [3.8, 4) is 11.5 Å². The van der Waals surface area contributed by atoms with E-state index in [1.54, 1.807) is 60.7 Å². The van der Waals surface area contributed by atoms with E-state index >= 15 is 0 Å². The molecule has 3 aromatic rings. The van der Waals surface area contributed by atoms with Crippen LogP contribution in [0.1, 0.15) is 209 Å². The summed E-state index contributed by atoms with van der Waals surface area (Å²) >= 11 is 13.2. The molecule has 2 unspecified atom stereocenters. The van der Waals surface area contributed by atoms with E-state index in [1.165, 1.54) is 128 Å². The Kier molecular flexibility index (Phi) is 26.6. The van der Waals surface area contributed by atoms with Gasteiger partial charge in [-0.05, 0) is 37.1 Å². The molecule has 0 radical (unpaired) electrons. The van der Waals surface area contributed by atoms with Crippen LogP contribution in [0.15, 0.2) is 72.8 Å². The number of Topliss-reactive ketones (excluding diaryl/α,β-unsaturated/α-hetero) is 4. The minimum atomic E-state index is -1.63. The van der Waals surface area contributed by atoms with E-state index in [-0.39, 0.29) is 22.3 Å². The highest BCUT2D eigenvalue weighted by atomic mass is 35.5. The van der Waals surface area contributed by atoms with Crippen molar-refractivity contribution in [3.05, 3.63) is 95.1 Å². The van der Waals surface area contributed by atoms with Crippen molar-refractivity contribution >= 4 is 46.3 Å². The number of hydrogen-bond donors (Lipinski definition) is 0. The molecule has 0 aliphatic carbocycles. The molecule has 0 spiro atoms. The maximum atomic E-state index is 13.8. The smallest absolute Gasteiger partial charge is 0.192 e. The number of ketones is 4. The van der Waals surface area contributed by atoms with Crippen LogP contribution in [-0.2, 0) is 0 Å². The number of rotatable bonds is 36. The Bertz CT molecular complexity index is 1570. The molecule has 0 saturated carbocycles. The van der Waals surface area contributed by atoms with Gasteiger partial charge in [0.1, 0.15) is 11.5 Å². The lowest BCUT2D eigenvalue weighted by molar-refractivity contribution is 0.0867. The van der Waals surface area contributed by atoms with Crippen LogP contribution in [0.3, 0.4) is 0 Å². The number of alkyl halides is 2. The van der Waals surface area contributed by atoms with Crippen molar-refractivity contribution < 1.29 is 28.7 Å². The number of hydrogen-bond acceptors (Lipinski definition) is 6. The van der Waals surface area contributed by atoms with Gasteiger partial charge in [0.15, 0.2) is 33.9 Å². The van der Waals surface area contributed by atoms with E-state index in [2.05, 4.69) is 13.8 Å². The topological polar surface area (TPSA) is 86.7 Å². The molecule has 3 rings (SSSR count). The Hall–Kier alpha value is -3.48. The van der Waals surface area contributed by atoms with Crippen LogP contribution in [0.25, 0.3) is 0 Å². The summed E-state index contributed by atoms with van der Waals surface area (Å²) in [6.07, 6.45) is 29.6. The molecule has 0 saturated heterocycles. The Morgan fingerprint density at radius 2 is 0.600 bits per heavy atom. The molecule has 2 atom stereocenters. The lowest BCUT2D eigenvalue weighted by Crippen LogP contribution is -2.30. The van der Waals surface area contributed by atoms with Gasteiger partial charge < -0.3 is 9.47 Å². The average Bonchev–Trinajstić information content (AvgIpc) is 3.28. The normalized spacial score (nSPS) is 12.2. The van der Waals surface area contributed by atoms with E-state index < -0.39 is 33.9 Å². The van der Waals surface area contributed by atoms with Gasteiger partial charge in [-0.3, -0.25) is 19.2 Å². The highest BCUT2D eigenvalue weighted by Gasteiger charge is 2.34. The maximum Gasteiger partial charge on any atom is 0.192 e. The summed E-state index contributed by atoms with van der Waals surface area (Å²) in [5.74, 6) is -2.06. The van der Waals surface area contributed by atoms with E-state index in [0.717, 1.165) is 38.5 Å². The molecule has 6 nitrogen and oxygen atoms in total. The van der Waals surface area contributed by atoms with Gasteiger partial charge >= 0.3 is 0 Å².